The molecule has 3 rings (SSSR count). The van der Waals surface area contributed by atoms with Gasteiger partial charge in [0.15, 0.2) is 0 Å². The summed E-state index contributed by atoms with van der Waals surface area (Å²) in [6.45, 7) is 0. The summed E-state index contributed by atoms with van der Waals surface area (Å²) in [4.78, 5) is 22.3. The summed E-state index contributed by atoms with van der Waals surface area (Å²) in [7, 11) is 0. The third-order valence-electron chi connectivity index (χ3n) is 4.13. The summed E-state index contributed by atoms with van der Waals surface area (Å²) in [5, 5.41) is 20.7. The maximum absolute atomic E-state index is 11.2. The zero-order valence-electron chi connectivity index (χ0n) is 13.3. The van der Waals surface area contributed by atoms with Gasteiger partial charge >= 0.3 is 0 Å². The zero-order chi connectivity index (χ0) is 17.8. The van der Waals surface area contributed by atoms with Gasteiger partial charge in [-0.1, -0.05) is 30.3 Å². The van der Waals surface area contributed by atoms with E-state index in [-0.39, 0.29) is 11.5 Å². The Labute approximate surface area is 145 Å². The van der Waals surface area contributed by atoms with Crippen molar-refractivity contribution in [2.45, 2.75) is 5.92 Å². The summed E-state index contributed by atoms with van der Waals surface area (Å²) in [6.07, 6.45) is 1.40. The maximum atomic E-state index is 11.2. The molecule has 0 aliphatic rings. The van der Waals surface area contributed by atoms with Crippen molar-refractivity contribution in [1.29, 1.82) is 0 Å². The lowest BCUT2D eigenvalue weighted by Crippen LogP contribution is -2.05. The monoisotopic (exact) mass is 332 g/mol. The number of aldehydes is 2. The molecule has 124 valence electrons. The van der Waals surface area contributed by atoms with E-state index in [0.717, 1.165) is 5.56 Å². The molecule has 0 saturated carbocycles. The lowest BCUT2D eigenvalue weighted by Gasteiger charge is -2.21. The molecule has 0 aliphatic carbocycles. The number of rotatable bonds is 5. The van der Waals surface area contributed by atoms with Crippen LogP contribution in [0.1, 0.15) is 43.3 Å². The van der Waals surface area contributed by atoms with Crippen molar-refractivity contribution in [2.24, 2.45) is 0 Å². The Balaban J connectivity index is 2.29. The highest BCUT2D eigenvalue weighted by Gasteiger charge is 2.23. The first kappa shape index (κ1) is 16.5. The second-order valence-electron chi connectivity index (χ2n) is 5.72. The van der Waals surface area contributed by atoms with Crippen molar-refractivity contribution >= 4 is 12.6 Å². The Hall–Kier alpha value is -3.40. The predicted octanol–water partition coefficient (Wildman–Crippen LogP) is 3.90. The van der Waals surface area contributed by atoms with Gasteiger partial charge in [-0.25, -0.2) is 0 Å². The van der Waals surface area contributed by atoms with Gasteiger partial charge in [-0.15, -0.1) is 0 Å². The van der Waals surface area contributed by atoms with Crippen LogP contribution in [0.5, 0.6) is 11.5 Å². The average Bonchev–Trinajstić information content (AvgIpc) is 2.66. The molecule has 4 nitrogen and oxygen atoms in total. The van der Waals surface area contributed by atoms with Crippen molar-refractivity contribution in [1.82, 2.24) is 0 Å². The van der Waals surface area contributed by atoms with E-state index < -0.39 is 5.92 Å². The van der Waals surface area contributed by atoms with Gasteiger partial charge in [0, 0.05) is 28.2 Å². The van der Waals surface area contributed by atoms with Gasteiger partial charge in [-0.2, -0.15) is 0 Å². The molecule has 0 unspecified atom stereocenters. The molecular formula is C21H16O4. The van der Waals surface area contributed by atoms with Crippen LogP contribution in [0.3, 0.4) is 0 Å². The highest BCUT2D eigenvalue weighted by molar-refractivity contribution is 5.77. The third kappa shape index (κ3) is 3.28. The molecule has 0 radical (unpaired) electrons. The second kappa shape index (κ2) is 7.01. The fourth-order valence-corrected chi connectivity index (χ4v) is 2.93. The van der Waals surface area contributed by atoms with E-state index >= 15 is 0 Å². The molecule has 25 heavy (non-hydrogen) atoms. The van der Waals surface area contributed by atoms with E-state index in [0.29, 0.717) is 34.8 Å². The minimum Gasteiger partial charge on any atom is -0.508 e. The van der Waals surface area contributed by atoms with Gasteiger partial charge in [0.05, 0.1) is 0 Å². The van der Waals surface area contributed by atoms with E-state index in [1.807, 2.05) is 30.3 Å². The molecular weight excluding hydrogens is 316 g/mol. The molecule has 3 aromatic carbocycles. The Morgan fingerprint density at radius 3 is 1.60 bits per heavy atom. The van der Waals surface area contributed by atoms with Crippen LogP contribution in [0.15, 0.2) is 66.7 Å². The molecule has 0 bridgehead atoms. The third-order valence-corrected chi connectivity index (χ3v) is 4.13. The summed E-state index contributed by atoms with van der Waals surface area (Å²) >= 11 is 0. The van der Waals surface area contributed by atoms with E-state index in [1.165, 1.54) is 24.3 Å². The van der Waals surface area contributed by atoms with Crippen LogP contribution < -0.4 is 0 Å². The molecule has 0 atom stereocenters. The number of hydrogen-bond acceptors (Lipinski definition) is 4. The quantitative estimate of drug-likeness (QED) is 0.549. The van der Waals surface area contributed by atoms with E-state index in [9.17, 15) is 19.8 Å². The summed E-state index contributed by atoms with van der Waals surface area (Å²) in [5.41, 5.74) is 2.61. The summed E-state index contributed by atoms with van der Waals surface area (Å²) in [5.74, 6) is -0.508. The number of carbonyl (C=O) groups is 2. The van der Waals surface area contributed by atoms with Crippen LogP contribution in [-0.4, -0.2) is 22.8 Å². The molecule has 3 aromatic rings. The number of aromatic hydroxyl groups is 2. The Bertz CT molecular complexity index is 859. The number of carbonyl (C=O) groups excluding carboxylic acids is 2. The summed E-state index contributed by atoms with van der Waals surface area (Å²) < 4.78 is 0. The topological polar surface area (TPSA) is 74.6 Å². The highest BCUT2D eigenvalue weighted by atomic mass is 16.3. The molecule has 4 heteroatoms. The van der Waals surface area contributed by atoms with Crippen molar-refractivity contribution in [2.75, 3.05) is 0 Å². The first-order valence-corrected chi connectivity index (χ1v) is 7.75. The second-order valence-corrected chi connectivity index (χ2v) is 5.72. The van der Waals surface area contributed by atoms with Gasteiger partial charge in [-0.05, 0) is 42.0 Å². The molecule has 0 spiro atoms. The largest absolute Gasteiger partial charge is 0.508 e. The Morgan fingerprint density at radius 2 is 1.16 bits per heavy atom. The lowest BCUT2D eigenvalue weighted by atomic mass is 9.83. The average molecular weight is 332 g/mol. The number of phenolic OH excluding ortho intramolecular Hbond substituents is 2. The molecule has 0 aliphatic heterocycles. The summed E-state index contributed by atoms with van der Waals surface area (Å²) in [6, 6.07) is 18.4. The van der Waals surface area contributed by atoms with Crippen molar-refractivity contribution < 1.29 is 19.8 Å². The SMILES string of the molecule is O=Cc1ccc(O)c(C(c2ccccc2)c2cc(C=O)ccc2O)c1. The smallest absolute Gasteiger partial charge is 0.150 e. The van der Waals surface area contributed by atoms with Crippen LogP contribution >= 0.6 is 0 Å². The van der Waals surface area contributed by atoms with Crippen LogP contribution in [-0.2, 0) is 0 Å². The molecule has 0 amide bonds. The van der Waals surface area contributed by atoms with Gasteiger partial charge in [0.1, 0.15) is 24.1 Å². The van der Waals surface area contributed by atoms with Gasteiger partial charge in [0.2, 0.25) is 0 Å². The number of phenols is 2. The van der Waals surface area contributed by atoms with Gasteiger partial charge in [0.25, 0.3) is 0 Å². The minimum atomic E-state index is -0.527. The molecule has 0 aromatic heterocycles. The van der Waals surface area contributed by atoms with Crippen molar-refractivity contribution in [3.8, 4) is 11.5 Å². The Kier molecular flexibility index (Phi) is 4.61. The molecule has 0 heterocycles. The first-order chi connectivity index (χ1) is 12.1. The molecule has 0 saturated heterocycles. The zero-order valence-corrected chi connectivity index (χ0v) is 13.3. The van der Waals surface area contributed by atoms with Gasteiger partial charge < -0.3 is 10.2 Å². The molecule has 2 N–H and O–H groups in total. The van der Waals surface area contributed by atoms with Crippen molar-refractivity contribution in [3.05, 3.63) is 94.5 Å². The standard InChI is InChI=1S/C21H16O4/c22-12-14-6-8-19(24)17(10-14)21(16-4-2-1-3-5-16)18-11-15(13-23)7-9-20(18)25/h1-13,21,24-25H. The molecule has 0 fully saturated rings. The van der Waals surface area contributed by atoms with Crippen LogP contribution in [0.25, 0.3) is 0 Å². The van der Waals surface area contributed by atoms with Crippen molar-refractivity contribution in [3.63, 3.8) is 0 Å². The van der Waals surface area contributed by atoms with Gasteiger partial charge in [-0.3, -0.25) is 9.59 Å². The fraction of sp³-hybridized carbons (Fsp3) is 0.0476. The fourth-order valence-electron chi connectivity index (χ4n) is 2.93. The first-order valence-electron chi connectivity index (χ1n) is 7.75. The maximum Gasteiger partial charge on any atom is 0.150 e. The Morgan fingerprint density at radius 1 is 0.680 bits per heavy atom. The minimum absolute atomic E-state index is 0.00959. The van der Waals surface area contributed by atoms with E-state index in [1.54, 1.807) is 12.1 Å². The number of benzene rings is 3. The highest BCUT2D eigenvalue weighted by Crippen LogP contribution is 2.40. The normalized spacial score (nSPS) is 10.6. The number of hydrogen-bond donors (Lipinski definition) is 2. The van der Waals surface area contributed by atoms with Crippen LogP contribution in [0, 0.1) is 0 Å². The van der Waals surface area contributed by atoms with Crippen LogP contribution in [0.4, 0.5) is 0 Å². The predicted molar refractivity (Wildman–Crippen MR) is 94.4 cm³/mol. The van der Waals surface area contributed by atoms with Crippen LogP contribution in [0.2, 0.25) is 0 Å². The van der Waals surface area contributed by atoms with E-state index in [4.69, 9.17) is 0 Å². The van der Waals surface area contributed by atoms with E-state index in [2.05, 4.69) is 0 Å². The lowest BCUT2D eigenvalue weighted by molar-refractivity contribution is 0.111.